The largest absolute Gasteiger partial charge is 0.449 e. The van der Waals surface area contributed by atoms with Gasteiger partial charge >= 0.3 is 6.09 Å². The summed E-state index contributed by atoms with van der Waals surface area (Å²) in [7, 11) is 0. The van der Waals surface area contributed by atoms with Gasteiger partial charge in [0.1, 0.15) is 54.4 Å². The van der Waals surface area contributed by atoms with Crippen molar-refractivity contribution in [3.63, 3.8) is 0 Å². The first-order valence-electron chi connectivity index (χ1n) is 38.0. The minimum absolute atomic E-state index is 0.0377. The lowest BCUT2D eigenvalue weighted by Gasteiger charge is -2.31. The normalized spacial score (nSPS) is 16.0. The Hall–Kier alpha value is -10.4. The van der Waals surface area contributed by atoms with E-state index in [0.717, 1.165) is 33.4 Å². The van der Waals surface area contributed by atoms with Crippen LogP contribution in [-0.2, 0) is 65.5 Å². The number of unbranched alkanes of at least 4 members (excludes halogenated alkanes) is 2. The number of likely N-dealkylation sites (tertiary alicyclic amines) is 2. The summed E-state index contributed by atoms with van der Waals surface area (Å²) in [5, 5.41) is 20.3. The van der Waals surface area contributed by atoms with Crippen LogP contribution in [0.1, 0.15) is 160 Å². The molecular weight excluding hydrogens is 1350 g/mol. The molecule has 0 unspecified atom stereocenters. The second-order valence-corrected chi connectivity index (χ2v) is 29.2. The molecule has 2 saturated heterocycles. The molecule has 2 aliphatic heterocycles. The van der Waals surface area contributed by atoms with E-state index in [0.29, 0.717) is 121 Å². The Balaban J connectivity index is 0.000000285. The van der Waals surface area contributed by atoms with E-state index in [1.165, 1.54) is 23.6 Å². The number of ether oxygens (including phenoxy) is 1. The Morgan fingerprint density at radius 2 is 0.841 bits per heavy atom. The lowest BCUT2D eigenvalue weighted by Crippen LogP contribution is -2.56. The van der Waals surface area contributed by atoms with Gasteiger partial charge in [0.15, 0.2) is 0 Å². The molecule has 22 nitrogen and oxygen atoms in total. The van der Waals surface area contributed by atoms with Gasteiger partial charge in [0.25, 0.3) is 0 Å². The van der Waals surface area contributed by atoms with E-state index >= 15 is 0 Å². The Labute approximate surface area is 629 Å². The second kappa shape index (κ2) is 42.1. The molecule has 570 valence electrons. The van der Waals surface area contributed by atoms with Crippen molar-refractivity contribution in [3.8, 4) is 11.1 Å². The summed E-state index contributed by atoms with van der Waals surface area (Å²) in [5.41, 5.74) is 13.3. The number of carbonyl (C=O) groups excluding carboxylic acids is 11. The van der Waals surface area contributed by atoms with Gasteiger partial charge in [-0.05, 0) is 180 Å². The molecule has 0 saturated carbocycles. The van der Waals surface area contributed by atoms with Crippen molar-refractivity contribution < 1.29 is 57.5 Å². The molecule has 0 radical (unpaired) electrons. The van der Waals surface area contributed by atoms with Crippen molar-refractivity contribution in [2.24, 2.45) is 29.4 Å². The van der Waals surface area contributed by atoms with Crippen molar-refractivity contribution in [1.82, 2.24) is 36.4 Å². The van der Waals surface area contributed by atoms with Gasteiger partial charge in [-0.3, -0.25) is 38.4 Å². The number of fused-ring (bicyclic) bond motifs is 3. The lowest BCUT2D eigenvalue weighted by atomic mass is 9.92. The fourth-order valence-electron chi connectivity index (χ4n) is 14.4. The van der Waals surface area contributed by atoms with Crippen LogP contribution in [0, 0.1) is 23.7 Å². The molecule has 3 aliphatic rings. The van der Waals surface area contributed by atoms with Crippen molar-refractivity contribution >= 4 is 76.3 Å². The highest BCUT2D eigenvalue weighted by Gasteiger charge is 2.42. The third-order valence-electron chi connectivity index (χ3n) is 19.6. The van der Waals surface area contributed by atoms with Crippen molar-refractivity contribution in [3.05, 3.63) is 192 Å². The third-order valence-corrected chi connectivity index (χ3v) is 19.6. The van der Waals surface area contributed by atoms with Crippen LogP contribution in [0.4, 0.5) is 16.2 Å². The maximum absolute atomic E-state index is 14.3. The number of anilines is 2. The van der Waals surface area contributed by atoms with Gasteiger partial charge in [-0.25, -0.2) is 4.79 Å². The van der Waals surface area contributed by atoms with Crippen LogP contribution in [0.5, 0.6) is 0 Å². The average molecular weight is 1460 g/mol. The SMILES string of the molecule is CC(=O)C[C@@H](Cc1ccccc1)C(=O)N[C@@H](CC(C)C)C(=O)N1CCC[C@H]1C(=O)N[C@@H](CCCCN)C(=O)Nc1ccccc1.CC(=O)C[C@@H](Cc1ccccc1)C(=O)N[C@@H](CC(C)C)C(=O)N1CCC[C@H]1C(=O)N[C@@H](CCCCNC(=O)OCC1c2ccccc2-c2ccccc21)C(=O)Nc1ccccc1. The predicted molar refractivity (Wildman–Crippen MR) is 414 cm³/mol. The van der Waals surface area contributed by atoms with E-state index in [4.69, 9.17) is 10.5 Å². The Kier molecular flexibility index (Phi) is 32.4. The molecule has 8 atom stereocenters. The molecule has 6 aromatic rings. The number of alkyl carbamates (subject to hydrolysis) is 1. The van der Waals surface area contributed by atoms with Gasteiger partial charge in [0.05, 0.1) is 0 Å². The van der Waals surface area contributed by atoms with Crippen LogP contribution in [0.25, 0.3) is 11.1 Å². The molecule has 9 rings (SSSR count). The van der Waals surface area contributed by atoms with Gasteiger partial charge in [-0.2, -0.15) is 0 Å². The van der Waals surface area contributed by atoms with Gasteiger partial charge in [-0.15, -0.1) is 0 Å². The van der Waals surface area contributed by atoms with Crippen LogP contribution in [0.3, 0.4) is 0 Å². The van der Waals surface area contributed by atoms with Gasteiger partial charge in [0.2, 0.25) is 47.3 Å². The highest BCUT2D eigenvalue weighted by atomic mass is 16.5. The molecule has 107 heavy (non-hydrogen) atoms. The minimum atomic E-state index is -0.925. The van der Waals surface area contributed by atoms with Crippen LogP contribution in [0.15, 0.2) is 170 Å². The monoisotopic (exact) mass is 1460 g/mol. The van der Waals surface area contributed by atoms with E-state index in [2.05, 4.69) is 61.5 Å². The summed E-state index contributed by atoms with van der Waals surface area (Å²) >= 11 is 0. The first-order chi connectivity index (χ1) is 51.6. The number of nitrogens with one attached hydrogen (secondary N) is 7. The number of ketones is 2. The number of Topliss-reactive ketones (excluding diaryl/α,β-unsaturated/α-hetero) is 2. The zero-order chi connectivity index (χ0) is 76.8. The standard InChI is InChI=1S/C50H59N5O7.C35H49N5O5/c1-33(2)29-44(54-46(57)36(30-34(3)56)31-35-17-6-4-7-18-35)49(60)55-28-16-26-45(55)48(59)53-43(47(58)52-37-19-8-5-9-20-37)25-14-15-27-51-50(61)62-32-42-40-23-12-10-21-38(40)39-22-11-13-24-41(39)42;1-24(2)21-30(39-32(42)27(22-25(3)41)23-26-13-6-4-7-14-26)35(45)40-20-12-18-31(40)34(44)38-29(17-10-11-19-36)33(43)37-28-15-8-5-9-16-28/h4-13,17-24,33,36,42-45H,14-16,25-32H2,1-3H3,(H,51,61)(H,52,58)(H,53,59)(H,54,57);4-9,13-16,24,27,29-31H,10-12,17-23,36H2,1-3H3,(H,37,43)(H,38,44)(H,39,42)/t36-,43-,44-,45-;27-,29-,30-,31-/m00/s1. The van der Waals surface area contributed by atoms with E-state index < -0.39 is 71.9 Å². The van der Waals surface area contributed by atoms with E-state index in [1.807, 2.05) is 137 Å². The Bertz CT molecular complexity index is 3890. The number of benzene rings is 6. The quantitative estimate of drug-likeness (QED) is 0.0168. The first kappa shape index (κ1) is 82.3. The zero-order valence-corrected chi connectivity index (χ0v) is 62.7. The number of rotatable bonds is 37. The molecule has 2 heterocycles. The fraction of sp³-hybridized carbons (Fsp3) is 0.447. The summed E-state index contributed by atoms with van der Waals surface area (Å²) in [5.74, 6) is -4.44. The fourth-order valence-corrected chi connectivity index (χ4v) is 14.4. The third kappa shape index (κ3) is 25.4. The summed E-state index contributed by atoms with van der Waals surface area (Å²) in [6.45, 7) is 12.4. The topological polar surface area (TPSA) is 314 Å². The number of hydrogen-bond acceptors (Lipinski definition) is 13. The summed E-state index contributed by atoms with van der Waals surface area (Å²) in [6.07, 6.45) is 6.17. The highest BCUT2D eigenvalue weighted by molar-refractivity contribution is 6.01. The van der Waals surface area contributed by atoms with Gasteiger partial charge in [0, 0.05) is 61.6 Å². The average Bonchev–Trinajstić information content (AvgIpc) is 1.62. The molecule has 0 bridgehead atoms. The molecule has 9 amide bonds. The van der Waals surface area contributed by atoms with Crippen molar-refractivity contribution in [2.45, 2.75) is 186 Å². The molecule has 0 spiro atoms. The van der Waals surface area contributed by atoms with Crippen molar-refractivity contribution in [1.29, 1.82) is 0 Å². The summed E-state index contributed by atoms with van der Waals surface area (Å²) in [4.78, 5) is 150. The molecule has 0 aromatic heterocycles. The van der Waals surface area contributed by atoms with Crippen molar-refractivity contribution in [2.75, 3.05) is 43.4 Å². The Morgan fingerprint density at radius 1 is 0.458 bits per heavy atom. The van der Waals surface area contributed by atoms with Crippen LogP contribution in [0.2, 0.25) is 0 Å². The minimum Gasteiger partial charge on any atom is -0.449 e. The smallest absolute Gasteiger partial charge is 0.407 e. The number of amides is 9. The molecule has 22 heteroatoms. The first-order valence-corrected chi connectivity index (χ1v) is 38.0. The van der Waals surface area contributed by atoms with E-state index in [9.17, 15) is 52.7 Å². The second-order valence-electron chi connectivity index (χ2n) is 29.2. The van der Waals surface area contributed by atoms with Crippen LogP contribution >= 0.6 is 0 Å². The summed E-state index contributed by atoms with van der Waals surface area (Å²) in [6, 6.07) is 48.2. The zero-order valence-electron chi connectivity index (χ0n) is 62.7. The maximum atomic E-state index is 14.3. The summed E-state index contributed by atoms with van der Waals surface area (Å²) < 4.78 is 5.68. The van der Waals surface area contributed by atoms with Gasteiger partial charge < -0.3 is 67.1 Å². The molecule has 6 aromatic carbocycles. The molecular formula is C85H108N10O12. The lowest BCUT2D eigenvalue weighted by molar-refractivity contribution is -0.143. The highest BCUT2D eigenvalue weighted by Crippen LogP contribution is 2.44. The van der Waals surface area contributed by atoms with Crippen LogP contribution in [-0.4, -0.2) is 144 Å². The predicted octanol–water partition coefficient (Wildman–Crippen LogP) is 10.8. The van der Waals surface area contributed by atoms with Crippen LogP contribution < -0.4 is 43.0 Å². The maximum Gasteiger partial charge on any atom is 0.407 e. The van der Waals surface area contributed by atoms with E-state index in [-0.39, 0.29) is 84.7 Å². The number of nitrogens with zero attached hydrogens (tertiary/aromatic N) is 2. The molecule has 9 N–H and O–H groups in total. The molecule has 2 fully saturated rings. The van der Waals surface area contributed by atoms with E-state index in [1.54, 1.807) is 36.4 Å². The Morgan fingerprint density at radius 3 is 1.23 bits per heavy atom. The number of para-hydroxylation sites is 2. The number of hydrogen-bond donors (Lipinski definition) is 8. The number of nitrogens with two attached hydrogens (primary N) is 1. The molecule has 1 aliphatic carbocycles. The van der Waals surface area contributed by atoms with Gasteiger partial charge in [-0.1, -0.05) is 173 Å². The number of carbonyl (C=O) groups is 11.